The van der Waals surface area contributed by atoms with Gasteiger partial charge in [0.05, 0.1) is 13.1 Å². The number of hydrogen-bond acceptors (Lipinski definition) is 5. The Kier molecular flexibility index (Phi) is 3.62. The number of carbonyl (C=O) groups is 2. The van der Waals surface area contributed by atoms with Crippen LogP contribution in [0, 0.1) is 5.82 Å². The van der Waals surface area contributed by atoms with Gasteiger partial charge in [-0.1, -0.05) is 18.2 Å². The van der Waals surface area contributed by atoms with E-state index in [9.17, 15) is 14.0 Å². The molecule has 0 bridgehead atoms. The standard InChI is InChI=1S/C11H11BFNO4/c1-14-6-10(15)17-12(18-11(16)7-14)8-4-2-3-5-9(8)13/h2-5H,6-7H2,1H3. The van der Waals surface area contributed by atoms with E-state index in [1.54, 1.807) is 13.1 Å². The average molecular weight is 251 g/mol. The van der Waals surface area contributed by atoms with Crippen molar-refractivity contribution in [1.29, 1.82) is 0 Å². The molecule has 0 spiro atoms. The van der Waals surface area contributed by atoms with E-state index in [1.165, 1.54) is 23.1 Å². The fraction of sp³-hybridized carbons (Fsp3) is 0.273. The van der Waals surface area contributed by atoms with Gasteiger partial charge in [-0.3, -0.25) is 14.5 Å². The van der Waals surface area contributed by atoms with E-state index in [2.05, 4.69) is 0 Å². The van der Waals surface area contributed by atoms with Gasteiger partial charge in [-0.05, 0) is 13.1 Å². The molecule has 0 atom stereocenters. The molecule has 0 amide bonds. The molecule has 1 aromatic carbocycles. The third-order valence-electron chi connectivity index (χ3n) is 2.43. The fourth-order valence-electron chi connectivity index (χ4n) is 1.63. The third kappa shape index (κ3) is 2.86. The van der Waals surface area contributed by atoms with Crippen molar-refractivity contribution in [2.75, 3.05) is 20.1 Å². The van der Waals surface area contributed by atoms with E-state index >= 15 is 0 Å². The van der Waals surface area contributed by atoms with E-state index in [-0.39, 0.29) is 18.6 Å². The quantitative estimate of drug-likeness (QED) is 0.633. The van der Waals surface area contributed by atoms with E-state index in [0.29, 0.717) is 0 Å². The first-order chi connectivity index (χ1) is 8.56. The molecule has 5 nitrogen and oxygen atoms in total. The average Bonchev–Trinajstić information content (AvgIpc) is 2.26. The van der Waals surface area contributed by atoms with Gasteiger partial charge in [0, 0.05) is 5.46 Å². The number of nitrogens with zero attached hydrogens (tertiary/aromatic N) is 1. The van der Waals surface area contributed by atoms with Crippen molar-refractivity contribution in [3.8, 4) is 0 Å². The summed E-state index contributed by atoms with van der Waals surface area (Å²) in [4.78, 5) is 24.4. The van der Waals surface area contributed by atoms with Crippen LogP contribution in [0.1, 0.15) is 0 Å². The summed E-state index contributed by atoms with van der Waals surface area (Å²) in [5.74, 6) is -1.73. The highest BCUT2D eigenvalue weighted by atomic mass is 19.1. The second kappa shape index (κ2) is 5.18. The summed E-state index contributed by atoms with van der Waals surface area (Å²) in [5.41, 5.74) is 0.0313. The van der Waals surface area contributed by atoms with Gasteiger partial charge in [0.15, 0.2) is 0 Å². The molecule has 1 fully saturated rings. The van der Waals surface area contributed by atoms with Gasteiger partial charge in [-0.2, -0.15) is 0 Å². The summed E-state index contributed by atoms with van der Waals surface area (Å²) in [6, 6.07) is 5.69. The fourth-order valence-corrected chi connectivity index (χ4v) is 1.63. The van der Waals surface area contributed by atoms with Crippen molar-refractivity contribution < 1.29 is 23.3 Å². The molecule has 1 aromatic rings. The largest absolute Gasteiger partial charge is 0.639 e. The molecule has 0 radical (unpaired) electrons. The van der Waals surface area contributed by atoms with E-state index < -0.39 is 24.9 Å². The SMILES string of the molecule is CN1CC(=O)OB(c2ccccc2F)OC(=O)C1. The lowest BCUT2D eigenvalue weighted by atomic mass is 9.78. The zero-order chi connectivity index (χ0) is 13.1. The first kappa shape index (κ1) is 12.6. The van der Waals surface area contributed by atoms with Crippen molar-refractivity contribution in [3.63, 3.8) is 0 Å². The summed E-state index contributed by atoms with van der Waals surface area (Å²) >= 11 is 0. The van der Waals surface area contributed by atoms with Crippen LogP contribution >= 0.6 is 0 Å². The summed E-state index contributed by atoms with van der Waals surface area (Å²) in [6.45, 7) is -0.0832. The molecule has 0 N–H and O–H groups in total. The number of hydrogen-bond donors (Lipinski definition) is 0. The number of benzene rings is 1. The Hall–Kier alpha value is -1.89. The van der Waals surface area contributed by atoms with Gasteiger partial charge >= 0.3 is 19.1 Å². The van der Waals surface area contributed by atoms with Crippen molar-refractivity contribution in [1.82, 2.24) is 4.90 Å². The molecule has 1 saturated heterocycles. The maximum Gasteiger partial charge on any atom is 0.639 e. The summed E-state index contributed by atoms with van der Waals surface area (Å²) in [6.07, 6.45) is 0. The Bertz CT molecular complexity index is 462. The zero-order valence-electron chi connectivity index (χ0n) is 9.76. The molecule has 0 saturated carbocycles. The van der Waals surface area contributed by atoms with Crippen LogP contribution in [0.25, 0.3) is 0 Å². The summed E-state index contributed by atoms with van der Waals surface area (Å²) in [7, 11) is 0.270. The highest BCUT2D eigenvalue weighted by Gasteiger charge is 2.35. The lowest BCUT2D eigenvalue weighted by Gasteiger charge is -2.22. The van der Waals surface area contributed by atoms with Gasteiger partial charge in [0.2, 0.25) is 0 Å². The second-order valence-electron chi connectivity index (χ2n) is 4.01. The molecular formula is C11H11BFNO4. The van der Waals surface area contributed by atoms with E-state index in [0.717, 1.165) is 0 Å². The van der Waals surface area contributed by atoms with Crippen LogP contribution in [0.4, 0.5) is 4.39 Å². The minimum Gasteiger partial charge on any atom is -0.494 e. The molecule has 94 valence electrons. The first-order valence-electron chi connectivity index (χ1n) is 5.38. The molecule has 18 heavy (non-hydrogen) atoms. The van der Waals surface area contributed by atoms with Crippen molar-refractivity contribution in [3.05, 3.63) is 30.1 Å². The number of halogens is 1. The van der Waals surface area contributed by atoms with Gasteiger partial charge in [0.1, 0.15) is 5.82 Å². The highest BCUT2D eigenvalue weighted by Crippen LogP contribution is 2.03. The van der Waals surface area contributed by atoms with Crippen molar-refractivity contribution >= 4 is 24.5 Å². The summed E-state index contributed by atoms with van der Waals surface area (Å²) in [5, 5.41) is 0. The normalized spacial score (nSPS) is 17.8. The van der Waals surface area contributed by atoms with Crippen molar-refractivity contribution in [2.24, 2.45) is 0 Å². The molecular weight excluding hydrogens is 240 g/mol. The Labute approximate surface area is 104 Å². The molecule has 1 aliphatic rings. The van der Waals surface area contributed by atoms with Gasteiger partial charge in [-0.25, -0.2) is 4.39 Å². The predicted molar refractivity (Wildman–Crippen MR) is 61.5 cm³/mol. The zero-order valence-corrected chi connectivity index (χ0v) is 9.76. The highest BCUT2D eigenvalue weighted by molar-refractivity contribution is 6.64. The Balaban J connectivity index is 2.24. The molecule has 1 aliphatic heterocycles. The van der Waals surface area contributed by atoms with Crippen molar-refractivity contribution in [2.45, 2.75) is 0 Å². The maximum absolute atomic E-state index is 13.5. The lowest BCUT2D eigenvalue weighted by molar-refractivity contribution is -0.145. The van der Waals surface area contributed by atoms with Gasteiger partial charge in [0.25, 0.3) is 0 Å². The third-order valence-corrected chi connectivity index (χ3v) is 2.43. The van der Waals surface area contributed by atoms with Crippen LogP contribution in [0.15, 0.2) is 24.3 Å². The molecule has 0 unspecified atom stereocenters. The predicted octanol–water partition coefficient (Wildman–Crippen LogP) is -0.447. The Morgan fingerprint density at radius 3 is 2.28 bits per heavy atom. The monoisotopic (exact) mass is 251 g/mol. The van der Waals surface area contributed by atoms with Crippen LogP contribution in [0.3, 0.4) is 0 Å². The van der Waals surface area contributed by atoms with Gasteiger partial charge in [-0.15, -0.1) is 0 Å². The van der Waals surface area contributed by atoms with Crippen LogP contribution in [0.2, 0.25) is 0 Å². The number of likely N-dealkylation sites (N-methyl/N-ethyl adjacent to an activating group) is 1. The Morgan fingerprint density at radius 2 is 1.72 bits per heavy atom. The Morgan fingerprint density at radius 1 is 1.17 bits per heavy atom. The maximum atomic E-state index is 13.5. The van der Waals surface area contributed by atoms with Crippen LogP contribution < -0.4 is 5.46 Å². The van der Waals surface area contributed by atoms with E-state index in [1.807, 2.05) is 0 Å². The molecule has 1 heterocycles. The second-order valence-corrected chi connectivity index (χ2v) is 4.01. The number of carbonyl (C=O) groups excluding carboxylic acids is 2. The number of rotatable bonds is 1. The smallest absolute Gasteiger partial charge is 0.494 e. The lowest BCUT2D eigenvalue weighted by Crippen LogP contribution is -2.48. The van der Waals surface area contributed by atoms with Crippen LogP contribution in [0.5, 0.6) is 0 Å². The molecule has 0 aliphatic carbocycles. The first-order valence-corrected chi connectivity index (χ1v) is 5.38. The minimum atomic E-state index is -1.32. The molecule has 0 aromatic heterocycles. The minimum absolute atomic E-state index is 0.0313. The molecule has 2 rings (SSSR count). The van der Waals surface area contributed by atoms with Crippen LogP contribution in [-0.2, 0) is 18.9 Å². The van der Waals surface area contributed by atoms with Gasteiger partial charge < -0.3 is 9.31 Å². The summed E-state index contributed by atoms with van der Waals surface area (Å²) < 4.78 is 23.4. The molecule has 7 heteroatoms. The van der Waals surface area contributed by atoms with Crippen LogP contribution in [-0.4, -0.2) is 44.1 Å². The van der Waals surface area contributed by atoms with E-state index in [4.69, 9.17) is 9.31 Å². The topological polar surface area (TPSA) is 55.8 Å².